The lowest BCUT2D eigenvalue weighted by Crippen LogP contribution is -2.14. The molecule has 1 unspecified atom stereocenters. The highest BCUT2D eigenvalue weighted by Crippen LogP contribution is 2.29. The van der Waals surface area contributed by atoms with E-state index in [1.165, 1.54) is 0 Å². The van der Waals surface area contributed by atoms with Gasteiger partial charge >= 0.3 is 0 Å². The molecule has 0 aliphatic carbocycles. The van der Waals surface area contributed by atoms with Crippen LogP contribution < -0.4 is 5.73 Å². The van der Waals surface area contributed by atoms with Crippen molar-refractivity contribution in [2.75, 3.05) is 5.73 Å². The van der Waals surface area contributed by atoms with Crippen LogP contribution in [0.1, 0.15) is 26.7 Å². The summed E-state index contributed by atoms with van der Waals surface area (Å²) in [5.74, 6) is 0. The molecule has 2 N–H and O–H groups in total. The average Bonchev–Trinajstić information content (AvgIpc) is 2.19. The zero-order chi connectivity index (χ0) is 11.4. The van der Waals surface area contributed by atoms with Crippen LogP contribution >= 0.6 is 11.6 Å². The Labute approximate surface area is 98.3 Å². The molecular formula is C11H16ClNOS. The number of benzene rings is 1. The molecule has 0 aromatic heterocycles. The first-order chi connectivity index (χ1) is 7.11. The van der Waals surface area contributed by atoms with E-state index in [1.807, 2.05) is 13.8 Å². The summed E-state index contributed by atoms with van der Waals surface area (Å²) in [7, 11) is -1.10. The molecule has 0 aliphatic heterocycles. The number of anilines is 1. The van der Waals surface area contributed by atoms with Gasteiger partial charge in [-0.3, -0.25) is 4.21 Å². The number of halogens is 1. The third kappa shape index (κ3) is 2.73. The lowest BCUT2D eigenvalue weighted by molar-refractivity contribution is 0.658. The van der Waals surface area contributed by atoms with Crippen molar-refractivity contribution >= 4 is 28.1 Å². The molecule has 84 valence electrons. The van der Waals surface area contributed by atoms with E-state index in [2.05, 4.69) is 0 Å². The first-order valence-corrected chi connectivity index (χ1v) is 6.65. The molecule has 0 heterocycles. The zero-order valence-electron chi connectivity index (χ0n) is 9.00. The maximum Gasteiger partial charge on any atom is 0.0806 e. The summed E-state index contributed by atoms with van der Waals surface area (Å²) in [6, 6.07) is 5.24. The van der Waals surface area contributed by atoms with E-state index in [0.29, 0.717) is 15.6 Å². The van der Waals surface area contributed by atoms with Crippen molar-refractivity contribution in [3.05, 3.63) is 23.2 Å². The van der Waals surface area contributed by atoms with Crippen molar-refractivity contribution in [2.24, 2.45) is 0 Å². The van der Waals surface area contributed by atoms with E-state index in [-0.39, 0.29) is 5.25 Å². The smallest absolute Gasteiger partial charge is 0.0806 e. The molecule has 0 amide bonds. The standard InChI is InChI=1S/C11H16ClNOS/c1-3-8(4-2)15(14)11-9(12)6-5-7-10(11)13/h5-8H,3-4,13H2,1-2H3. The summed E-state index contributed by atoms with van der Waals surface area (Å²) in [5, 5.41) is 0.632. The normalized spacial score (nSPS) is 13.1. The topological polar surface area (TPSA) is 43.1 Å². The summed E-state index contributed by atoms with van der Waals surface area (Å²) in [5.41, 5.74) is 6.31. The van der Waals surface area contributed by atoms with Crippen molar-refractivity contribution in [1.82, 2.24) is 0 Å². The molecule has 0 aliphatic rings. The minimum absolute atomic E-state index is 0.132. The van der Waals surface area contributed by atoms with Gasteiger partial charge in [0.15, 0.2) is 0 Å². The fourth-order valence-corrected chi connectivity index (χ4v) is 3.41. The number of hydrogen-bond acceptors (Lipinski definition) is 2. The van der Waals surface area contributed by atoms with Crippen LogP contribution in [0.4, 0.5) is 5.69 Å². The van der Waals surface area contributed by atoms with Gasteiger partial charge in [-0.15, -0.1) is 0 Å². The Kier molecular flexibility index (Phi) is 4.61. The van der Waals surface area contributed by atoms with Crippen LogP contribution in [0.15, 0.2) is 23.1 Å². The molecule has 0 radical (unpaired) electrons. The van der Waals surface area contributed by atoms with Crippen molar-refractivity contribution in [2.45, 2.75) is 36.8 Å². The molecule has 2 nitrogen and oxygen atoms in total. The Balaban J connectivity index is 3.10. The number of nitrogen functional groups attached to an aromatic ring is 1. The van der Waals surface area contributed by atoms with Gasteiger partial charge in [-0.1, -0.05) is 31.5 Å². The van der Waals surface area contributed by atoms with Gasteiger partial charge in [0.2, 0.25) is 0 Å². The Morgan fingerprint density at radius 1 is 1.40 bits per heavy atom. The van der Waals surface area contributed by atoms with Crippen LogP contribution in [0, 0.1) is 0 Å². The quantitative estimate of drug-likeness (QED) is 0.828. The zero-order valence-corrected chi connectivity index (χ0v) is 10.6. The molecule has 0 bridgehead atoms. The van der Waals surface area contributed by atoms with Gasteiger partial charge in [-0.05, 0) is 25.0 Å². The van der Waals surface area contributed by atoms with E-state index in [1.54, 1.807) is 18.2 Å². The van der Waals surface area contributed by atoms with Crippen LogP contribution in [0.5, 0.6) is 0 Å². The number of rotatable bonds is 4. The lowest BCUT2D eigenvalue weighted by atomic mass is 10.3. The van der Waals surface area contributed by atoms with Crippen LogP contribution in [0.3, 0.4) is 0 Å². The molecule has 4 heteroatoms. The molecule has 15 heavy (non-hydrogen) atoms. The van der Waals surface area contributed by atoms with E-state index < -0.39 is 10.8 Å². The summed E-state index contributed by atoms with van der Waals surface area (Å²) in [4.78, 5) is 0.591. The predicted molar refractivity (Wildman–Crippen MR) is 66.6 cm³/mol. The second-order valence-electron chi connectivity index (χ2n) is 3.39. The van der Waals surface area contributed by atoms with E-state index in [0.717, 1.165) is 12.8 Å². The first kappa shape index (κ1) is 12.5. The molecule has 1 atom stereocenters. The van der Waals surface area contributed by atoms with Crippen molar-refractivity contribution in [1.29, 1.82) is 0 Å². The maximum atomic E-state index is 12.2. The summed E-state index contributed by atoms with van der Waals surface area (Å²) < 4.78 is 12.2. The van der Waals surface area contributed by atoms with Crippen LogP contribution in [0.25, 0.3) is 0 Å². The maximum absolute atomic E-state index is 12.2. The van der Waals surface area contributed by atoms with E-state index >= 15 is 0 Å². The Morgan fingerprint density at radius 3 is 2.47 bits per heavy atom. The average molecular weight is 246 g/mol. The lowest BCUT2D eigenvalue weighted by Gasteiger charge is -2.14. The Morgan fingerprint density at radius 2 is 2.00 bits per heavy atom. The molecule has 1 aromatic rings. The fourth-order valence-electron chi connectivity index (χ4n) is 1.50. The fraction of sp³-hybridized carbons (Fsp3) is 0.455. The van der Waals surface area contributed by atoms with E-state index in [4.69, 9.17) is 17.3 Å². The monoisotopic (exact) mass is 245 g/mol. The van der Waals surface area contributed by atoms with Crippen molar-refractivity contribution in [3.63, 3.8) is 0 Å². The number of nitrogens with two attached hydrogens (primary N) is 1. The minimum Gasteiger partial charge on any atom is -0.398 e. The molecule has 0 fully saturated rings. The summed E-state index contributed by atoms with van der Waals surface area (Å²) in [6.07, 6.45) is 1.74. The second kappa shape index (κ2) is 5.52. The highest BCUT2D eigenvalue weighted by atomic mass is 35.5. The van der Waals surface area contributed by atoms with Crippen LogP contribution in [-0.2, 0) is 10.8 Å². The highest BCUT2D eigenvalue weighted by Gasteiger charge is 2.19. The van der Waals surface area contributed by atoms with Gasteiger partial charge in [0.1, 0.15) is 0 Å². The molecular weight excluding hydrogens is 230 g/mol. The number of hydrogen-bond donors (Lipinski definition) is 1. The first-order valence-electron chi connectivity index (χ1n) is 5.06. The Hall–Kier alpha value is -0.540. The summed E-state index contributed by atoms with van der Waals surface area (Å²) >= 11 is 6.01. The minimum atomic E-state index is -1.10. The van der Waals surface area contributed by atoms with Gasteiger partial charge in [-0.25, -0.2) is 0 Å². The van der Waals surface area contributed by atoms with Gasteiger partial charge in [0.05, 0.1) is 20.7 Å². The second-order valence-corrected chi connectivity index (χ2v) is 5.47. The largest absolute Gasteiger partial charge is 0.398 e. The van der Waals surface area contributed by atoms with Crippen LogP contribution in [-0.4, -0.2) is 9.46 Å². The van der Waals surface area contributed by atoms with Crippen molar-refractivity contribution in [3.8, 4) is 0 Å². The third-order valence-corrected chi connectivity index (χ3v) is 4.97. The van der Waals surface area contributed by atoms with Gasteiger partial charge in [0.25, 0.3) is 0 Å². The van der Waals surface area contributed by atoms with Gasteiger partial charge in [0, 0.05) is 10.9 Å². The molecule has 1 aromatic carbocycles. The molecule has 0 spiro atoms. The van der Waals surface area contributed by atoms with Gasteiger partial charge < -0.3 is 5.73 Å². The van der Waals surface area contributed by atoms with E-state index in [9.17, 15) is 4.21 Å². The predicted octanol–water partition coefficient (Wildman–Crippen LogP) is 3.22. The van der Waals surface area contributed by atoms with Crippen molar-refractivity contribution < 1.29 is 4.21 Å². The molecule has 1 rings (SSSR count). The summed E-state index contributed by atoms with van der Waals surface area (Å²) in [6.45, 7) is 4.05. The van der Waals surface area contributed by atoms with Gasteiger partial charge in [-0.2, -0.15) is 0 Å². The molecule has 0 saturated carbocycles. The molecule has 0 saturated heterocycles. The SMILES string of the molecule is CCC(CC)S(=O)c1c(N)cccc1Cl. The highest BCUT2D eigenvalue weighted by molar-refractivity contribution is 7.86. The van der Waals surface area contributed by atoms with Crippen LogP contribution in [0.2, 0.25) is 5.02 Å². The Bertz CT molecular complexity index is 343. The third-order valence-electron chi connectivity index (χ3n) is 2.41.